The maximum Gasteiger partial charge on any atom is 0.407 e. The molecular weight excluding hydrogens is 1610 g/mol. The molecule has 17 atom stereocenters. The number of Topliss-reactive ketones (excluding diaryl/α,β-unsaturated/α-hetero) is 3. The smallest absolute Gasteiger partial charge is 0.407 e. The summed E-state index contributed by atoms with van der Waals surface area (Å²) in [7, 11) is 8.25. The van der Waals surface area contributed by atoms with Crippen LogP contribution in [0.2, 0.25) is 0 Å². The summed E-state index contributed by atoms with van der Waals surface area (Å²) < 4.78 is 33.6. The predicted octanol–water partition coefficient (Wildman–Crippen LogP) is -0.727. The van der Waals surface area contributed by atoms with E-state index in [2.05, 4.69) is 37.2 Å². The number of likely N-dealkylation sites (tertiary alicyclic amines) is 2. The monoisotopic (exact) mass is 1750 g/mol. The van der Waals surface area contributed by atoms with Gasteiger partial charge in [-0.2, -0.15) is 0 Å². The Morgan fingerprint density at radius 1 is 0.642 bits per heavy atom. The summed E-state index contributed by atoms with van der Waals surface area (Å²) in [5.74, 6) is -13.8. The topological polar surface area (TPSA) is 547 Å². The zero-order valence-corrected chi connectivity index (χ0v) is 73.8. The lowest BCUT2D eigenvalue weighted by Gasteiger charge is -2.41. The number of carboxylic acids is 1. The van der Waals surface area contributed by atoms with Crippen molar-refractivity contribution in [3.05, 3.63) is 35.9 Å². The molecule has 0 saturated carbocycles. The number of likely N-dealkylation sites (N-methyl/N-ethyl adjacent to an activating group) is 2. The molecule has 39 nitrogen and oxygen atoms in total. The second kappa shape index (κ2) is 56.7. The molecule has 2 aliphatic rings. The van der Waals surface area contributed by atoms with Crippen LogP contribution in [0.5, 0.6) is 0 Å². The first kappa shape index (κ1) is 108. The van der Waals surface area contributed by atoms with E-state index in [1.165, 1.54) is 21.1 Å². The highest BCUT2D eigenvalue weighted by Crippen LogP contribution is 2.31. The second-order valence-corrected chi connectivity index (χ2v) is 32.5. The van der Waals surface area contributed by atoms with Crippen LogP contribution in [0.3, 0.4) is 0 Å². The number of hydrogen-bond acceptors (Lipinski definition) is 28. The number of benzene rings is 1. The van der Waals surface area contributed by atoms with Crippen LogP contribution in [0, 0.1) is 41.4 Å². The van der Waals surface area contributed by atoms with Gasteiger partial charge in [0.15, 0.2) is 5.78 Å². The Kier molecular flexibility index (Phi) is 49.9. The number of imide groups is 1. The van der Waals surface area contributed by atoms with Gasteiger partial charge in [0, 0.05) is 124 Å². The molecule has 13 N–H and O–H groups in total. The van der Waals surface area contributed by atoms with Crippen LogP contribution in [0.25, 0.3) is 0 Å². The highest BCUT2D eigenvalue weighted by Gasteiger charge is 2.45. The molecule has 0 aliphatic carbocycles. The Morgan fingerprint density at radius 2 is 1.30 bits per heavy atom. The number of ketones is 3. The van der Waals surface area contributed by atoms with E-state index in [1.807, 2.05) is 60.5 Å². The van der Waals surface area contributed by atoms with Crippen LogP contribution in [-0.4, -0.2) is 338 Å². The third-order valence-electron chi connectivity index (χ3n) is 21.9. The Balaban J connectivity index is 1.57. The predicted molar refractivity (Wildman–Crippen MR) is 443 cm³/mol. The number of aliphatic hydroxyl groups is 5. The van der Waals surface area contributed by atoms with Crippen molar-refractivity contribution in [3.8, 4) is 0 Å². The zero-order valence-electron chi connectivity index (χ0n) is 73.8. The Hall–Kier alpha value is -9.06. The van der Waals surface area contributed by atoms with E-state index >= 15 is 0 Å². The molecule has 11 amide bonds. The number of rotatable bonds is 62. The van der Waals surface area contributed by atoms with Gasteiger partial charge in [-0.25, -0.2) is 9.59 Å². The molecule has 0 spiro atoms. The Labute approximate surface area is 720 Å². The Morgan fingerprint density at radius 3 is 1.90 bits per heavy atom. The van der Waals surface area contributed by atoms with Crippen LogP contribution < -0.4 is 37.2 Å². The van der Waals surface area contributed by atoms with Crippen LogP contribution in [0.15, 0.2) is 30.3 Å². The third kappa shape index (κ3) is 37.7. The first-order valence-corrected chi connectivity index (χ1v) is 42.4. The molecule has 0 radical (unpaired) electrons. The van der Waals surface area contributed by atoms with Crippen molar-refractivity contribution in [2.24, 2.45) is 41.4 Å². The van der Waals surface area contributed by atoms with Gasteiger partial charge in [0.05, 0.1) is 100 Å². The van der Waals surface area contributed by atoms with Crippen molar-refractivity contribution in [2.75, 3.05) is 121 Å². The average Bonchev–Trinajstić information content (AvgIpc) is 1.51. The summed E-state index contributed by atoms with van der Waals surface area (Å²) in [5.41, 5.74) is 0.729. The number of carbonyl (C=O) groups excluding carboxylic acids is 15. The number of hydrogen-bond donors (Lipinski definition) is 13. The molecule has 123 heavy (non-hydrogen) atoms. The molecule has 0 bridgehead atoms. The normalized spacial score (nSPS) is 17.8. The molecule has 1 aromatic rings. The standard InChI is InChI=1S/C84H137N11O28/c1-15-51(6)73(93(12)81(113)71(49(2)3)91-79(111)72(50(4)5)92(10)11)65(118-13)44-70(106)94-33-19-25-61(94)76(119-14)53(8)77(109)90-60(41-55-22-17-16-18-23-55)78(110)85-31-21-36-122-83(116)54(9)89-68(104)28-32-86-84(117)123-48-57(62(99)43-56(82(114)115)26-27-66(102)88-46-63(100)74(107)75(108)64(101)47-96)42-59(98)45-87-67(103)30-37-121-39-38-120-35-20-24-58(97)29-34-95-69(105)40-52(7)80(95)112/h16-18,22-23,49-54,56-57,60-61,63-65,71-76,96,100-101,107-108H,15,19-21,24-48H2,1-14H3,(H,85,110)(H,86,117)(H,87,103)(H,88,102)(H,89,104)(H,90,109)(H,91,111)(H,114,115)/t51-,52?,53+,54?,56?,57?,60-,61-,63-,64+,65+,71?,72-,73-,74+,75+,76+/m0/s1. The fourth-order valence-corrected chi connectivity index (χ4v) is 14.6. The minimum atomic E-state index is -2.01. The number of aliphatic carboxylic acids is 1. The zero-order chi connectivity index (χ0) is 92.3. The molecule has 3 rings (SSSR count). The lowest BCUT2D eigenvalue weighted by atomic mass is 9.89. The number of carbonyl (C=O) groups is 16. The summed E-state index contributed by atoms with van der Waals surface area (Å²) in [4.78, 5) is 218. The van der Waals surface area contributed by atoms with E-state index < -0.39 is 221 Å². The van der Waals surface area contributed by atoms with Gasteiger partial charge in [0.2, 0.25) is 59.1 Å². The Bertz CT molecular complexity index is 3570. The average molecular weight is 1750 g/mol. The van der Waals surface area contributed by atoms with Crippen LogP contribution >= 0.6 is 0 Å². The lowest BCUT2D eigenvalue weighted by Crippen LogP contribution is -2.59. The quantitative estimate of drug-likeness (QED) is 0.0217. The summed E-state index contributed by atoms with van der Waals surface area (Å²) in [6.07, 6.45) is -11.1. The second-order valence-electron chi connectivity index (χ2n) is 32.5. The van der Waals surface area contributed by atoms with E-state index in [1.54, 1.807) is 61.0 Å². The highest BCUT2D eigenvalue weighted by molar-refractivity contribution is 6.03. The molecule has 2 aliphatic heterocycles. The summed E-state index contributed by atoms with van der Waals surface area (Å²) in [5, 5.41) is 76.9. The number of alkyl carbamates (subject to hydrolysis) is 1. The van der Waals surface area contributed by atoms with E-state index in [4.69, 9.17) is 33.5 Å². The minimum absolute atomic E-state index is 0.0188. The number of nitrogens with zero attached hydrogens (tertiary/aromatic N) is 4. The van der Waals surface area contributed by atoms with Gasteiger partial charge in [-0.05, 0) is 76.4 Å². The molecule has 2 heterocycles. The number of ether oxygens (including phenoxy) is 6. The molecule has 696 valence electrons. The van der Waals surface area contributed by atoms with Gasteiger partial charge in [0.1, 0.15) is 54.6 Å². The fourth-order valence-electron chi connectivity index (χ4n) is 14.6. The van der Waals surface area contributed by atoms with Crippen molar-refractivity contribution in [3.63, 3.8) is 0 Å². The summed E-state index contributed by atoms with van der Waals surface area (Å²) >= 11 is 0. The highest BCUT2D eigenvalue weighted by atomic mass is 16.6. The van der Waals surface area contributed by atoms with E-state index in [0.717, 1.165) is 10.5 Å². The molecule has 39 heteroatoms. The maximum absolute atomic E-state index is 14.6. The molecule has 0 aromatic heterocycles. The minimum Gasteiger partial charge on any atom is -0.481 e. The summed E-state index contributed by atoms with van der Waals surface area (Å²) in [6.45, 7) is 13.2. The molecule has 1 aromatic carbocycles. The summed E-state index contributed by atoms with van der Waals surface area (Å²) in [6, 6.07) is 4.17. The van der Waals surface area contributed by atoms with Gasteiger partial charge in [-0.15, -0.1) is 0 Å². The van der Waals surface area contributed by atoms with E-state index in [0.29, 0.717) is 32.2 Å². The van der Waals surface area contributed by atoms with Crippen LogP contribution in [0.4, 0.5) is 4.79 Å². The largest absolute Gasteiger partial charge is 0.481 e. The van der Waals surface area contributed by atoms with Crippen LogP contribution in [0.1, 0.15) is 164 Å². The van der Waals surface area contributed by atoms with Gasteiger partial charge in [-0.1, -0.05) is 92.1 Å². The molecular formula is C84H137N11O28. The number of amides is 11. The van der Waals surface area contributed by atoms with Gasteiger partial charge in [-0.3, -0.25) is 76.9 Å². The molecule has 2 saturated heterocycles. The first-order chi connectivity index (χ1) is 58.1. The first-order valence-electron chi connectivity index (χ1n) is 42.4. The van der Waals surface area contributed by atoms with E-state index in [9.17, 15) is 102 Å². The molecule has 5 unspecified atom stereocenters. The van der Waals surface area contributed by atoms with Crippen molar-refractivity contribution < 1.29 is 136 Å². The van der Waals surface area contributed by atoms with Crippen molar-refractivity contribution in [1.29, 1.82) is 0 Å². The van der Waals surface area contributed by atoms with Gasteiger partial charge in [0.25, 0.3) is 0 Å². The number of esters is 1. The van der Waals surface area contributed by atoms with Crippen molar-refractivity contribution in [1.82, 2.24) is 56.8 Å². The fraction of sp³-hybridized carbons (Fsp3) is 0.738. The lowest BCUT2D eigenvalue weighted by molar-refractivity contribution is -0.148. The number of nitrogens with one attached hydrogen (secondary N) is 7. The molecule has 2 fully saturated rings. The third-order valence-corrected chi connectivity index (χ3v) is 21.9. The van der Waals surface area contributed by atoms with Crippen molar-refractivity contribution >= 4 is 94.5 Å². The number of carboxylic acid groups (broad SMARTS) is 1. The van der Waals surface area contributed by atoms with Gasteiger partial charge >= 0.3 is 18.0 Å². The number of aliphatic hydroxyl groups excluding tert-OH is 5. The van der Waals surface area contributed by atoms with E-state index in [-0.39, 0.29) is 144 Å². The van der Waals surface area contributed by atoms with Gasteiger partial charge < -0.3 is 106 Å². The van der Waals surface area contributed by atoms with Crippen LogP contribution in [-0.2, 0) is 107 Å². The SMILES string of the molecule is CC[C@H](C)[C@@H]([C@@H](CC(=O)N1CCC[C@H]1[C@H](OC)[C@@H](C)C(=O)N[C@@H](Cc1ccccc1)C(=O)NCCCOC(=O)C(C)NC(=O)CCNC(=O)OCC(CC(=O)CNC(=O)CCOCCOCCCC(=O)CCN1C(=O)CC(C)C1=O)C(=O)CC(CCC(=O)NC[C@H](O)[C@@H](O)[C@H](O)[C@H](O)CO)C(=O)O)OC)N(C)C(=O)C(NC(=O)[C@H](C(C)C)N(C)C)C(C)C. The maximum atomic E-state index is 14.6. The number of methoxy groups -OCH3 is 2. The van der Waals surface area contributed by atoms with Crippen molar-refractivity contribution in [2.45, 2.75) is 238 Å².